The number of aromatic nitrogens is 3. The summed E-state index contributed by atoms with van der Waals surface area (Å²) in [7, 11) is 1.80. The zero-order valence-corrected chi connectivity index (χ0v) is 17.7. The van der Waals surface area contributed by atoms with Crippen LogP contribution in [0.3, 0.4) is 0 Å². The molecule has 0 saturated heterocycles. The van der Waals surface area contributed by atoms with Crippen LogP contribution in [0.15, 0.2) is 48.7 Å². The summed E-state index contributed by atoms with van der Waals surface area (Å²) in [5.41, 5.74) is 2.90. The zero-order chi connectivity index (χ0) is 21.6. The molecule has 7 heteroatoms. The Morgan fingerprint density at radius 1 is 1.19 bits per heavy atom. The molecular weight excluding hydrogens is 394 g/mol. The van der Waals surface area contributed by atoms with Crippen molar-refractivity contribution >= 4 is 11.9 Å². The van der Waals surface area contributed by atoms with Crippen molar-refractivity contribution in [3.05, 3.63) is 71.1 Å². The molecule has 3 aromatic rings. The fourth-order valence-electron chi connectivity index (χ4n) is 3.80. The van der Waals surface area contributed by atoms with Crippen LogP contribution >= 0.6 is 0 Å². The number of carbonyl (C=O) groups excluding carboxylic acids is 1. The lowest BCUT2D eigenvalue weighted by atomic mass is 9.94. The summed E-state index contributed by atoms with van der Waals surface area (Å²) >= 11 is 0. The first kappa shape index (κ1) is 19.4. The molecule has 158 valence electrons. The number of ketones is 1. The van der Waals surface area contributed by atoms with E-state index >= 15 is 0 Å². The molecule has 2 aromatic carbocycles. The molecule has 0 saturated carbocycles. The molecule has 0 aliphatic carbocycles. The minimum Gasteiger partial charge on any atom is -0.487 e. The first-order valence-electron chi connectivity index (χ1n) is 10.2. The van der Waals surface area contributed by atoms with Gasteiger partial charge in [-0.3, -0.25) is 9.48 Å². The second-order valence-electron chi connectivity index (χ2n) is 8.40. The number of Topliss-reactive ketones (excluding diaryl/α,β-unsaturated/α-hetero) is 1. The molecule has 1 unspecified atom stereocenters. The Hall–Kier alpha value is -3.61. The van der Waals surface area contributed by atoms with Crippen molar-refractivity contribution in [3.63, 3.8) is 0 Å². The van der Waals surface area contributed by atoms with Gasteiger partial charge in [-0.25, -0.2) is 0 Å². The van der Waals surface area contributed by atoms with E-state index in [4.69, 9.17) is 14.2 Å². The van der Waals surface area contributed by atoms with Crippen LogP contribution in [-0.2, 0) is 13.7 Å². The van der Waals surface area contributed by atoms with Crippen LogP contribution in [0.1, 0.15) is 53.6 Å². The average molecular weight is 417 g/mol. The van der Waals surface area contributed by atoms with Crippen LogP contribution < -0.4 is 14.2 Å². The summed E-state index contributed by atoms with van der Waals surface area (Å²) in [6.45, 7) is 4.33. The molecule has 0 bridgehead atoms. The number of fused-ring (bicyclic) bond motifs is 2. The molecule has 2 aliphatic rings. The van der Waals surface area contributed by atoms with E-state index in [1.54, 1.807) is 36.1 Å². The van der Waals surface area contributed by atoms with Gasteiger partial charge in [0, 0.05) is 18.7 Å². The molecule has 0 radical (unpaired) electrons. The Morgan fingerprint density at radius 2 is 2.06 bits per heavy atom. The summed E-state index contributed by atoms with van der Waals surface area (Å²) in [5.74, 6) is 2.03. The summed E-state index contributed by atoms with van der Waals surface area (Å²) in [4.78, 5) is 12.8. The molecule has 2 aliphatic heterocycles. The minimum absolute atomic E-state index is 0.0531. The lowest BCUT2D eigenvalue weighted by molar-refractivity contribution is 0.0849. The number of hydrogen-bond acceptors (Lipinski definition) is 6. The molecule has 1 aromatic heterocycles. The van der Waals surface area contributed by atoms with E-state index < -0.39 is 0 Å². The third kappa shape index (κ3) is 3.91. The average Bonchev–Trinajstić information content (AvgIpc) is 3.16. The van der Waals surface area contributed by atoms with E-state index in [1.165, 1.54) is 0 Å². The maximum absolute atomic E-state index is 12.8. The number of rotatable bonds is 4. The second kappa shape index (κ2) is 7.27. The van der Waals surface area contributed by atoms with Crippen molar-refractivity contribution in [1.29, 1.82) is 0 Å². The first-order valence-corrected chi connectivity index (χ1v) is 10.2. The molecule has 7 nitrogen and oxygen atoms in total. The van der Waals surface area contributed by atoms with Crippen molar-refractivity contribution in [2.75, 3.05) is 0 Å². The van der Waals surface area contributed by atoms with E-state index in [0.29, 0.717) is 23.5 Å². The summed E-state index contributed by atoms with van der Waals surface area (Å²) in [6, 6.07) is 11.2. The molecule has 31 heavy (non-hydrogen) atoms. The van der Waals surface area contributed by atoms with E-state index in [-0.39, 0.29) is 24.1 Å². The molecule has 3 heterocycles. The van der Waals surface area contributed by atoms with Crippen LogP contribution in [0.5, 0.6) is 17.2 Å². The number of ether oxygens (including phenoxy) is 3. The van der Waals surface area contributed by atoms with Crippen LogP contribution in [0.4, 0.5) is 0 Å². The number of aryl methyl sites for hydroxylation is 1. The van der Waals surface area contributed by atoms with Crippen LogP contribution in [0.2, 0.25) is 0 Å². The van der Waals surface area contributed by atoms with Gasteiger partial charge in [-0.2, -0.15) is 0 Å². The first-order chi connectivity index (χ1) is 14.9. The number of carbonyl (C=O) groups is 1. The maximum atomic E-state index is 12.8. The van der Waals surface area contributed by atoms with Gasteiger partial charge in [0.25, 0.3) is 0 Å². The van der Waals surface area contributed by atoms with Gasteiger partial charge in [0.15, 0.2) is 5.78 Å². The predicted octanol–water partition coefficient (Wildman–Crippen LogP) is 4.28. The third-order valence-corrected chi connectivity index (χ3v) is 5.37. The molecule has 0 spiro atoms. The van der Waals surface area contributed by atoms with Crippen LogP contribution in [0.25, 0.3) is 6.08 Å². The highest BCUT2D eigenvalue weighted by molar-refractivity contribution is 6.00. The predicted molar refractivity (Wildman–Crippen MR) is 114 cm³/mol. The largest absolute Gasteiger partial charge is 0.487 e. The highest BCUT2D eigenvalue weighted by Crippen LogP contribution is 2.39. The van der Waals surface area contributed by atoms with Crippen molar-refractivity contribution < 1.29 is 19.0 Å². The van der Waals surface area contributed by atoms with Gasteiger partial charge >= 0.3 is 0 Å². The minimum atomic E-state index is -0.358. The maximum Gasteiger partial charge on any atom is 0.170 e. The summed E-state index contributed by atoms with van der Waals surface area (Å²) < 4.78 is 19.6. The van der Waals surface area contributed by atoms with Crippen molar-refractivity contribution in [2.45, 2.75) is 38.6 Å². The fraction of sp³-hybridized carbons (Fsp3) is 0.292. The zero-order valence-electron chi connectivity index (χ0n) is 17.7. The molecule has 0 N–H and O–H groups in total. The van der Waals surface area contributed by atoms with Gasteiger partial charge in [-0.05, 0) is 49.8 Å². The smallest absolute Gasteiger partial charge is 0.170 e. The fourth-order valence-corrected chi connectivity index (χ4v) is 3.80. The Morgan fingerprint density at radius 3 is 2.87 bits per heavy atom. The van der Waals surface area contributed by atoms with Crippen LogP contribution in [-0.4, -0.2) is 26.4 Å². The van der Waals surface area contributed by atoms with Gasteiger partial charge in [0.2, 0.25) is 0 Å². The number of hydrogen-bond donors (Lipinski definition) is 0. The van der Waals surface area contributed by atoms with E-state index in [2.05, 4.69) is 16.4 Å². The normalized spacial score (nSPS) is 18.5. The van der Waals surface area contributed by atoms with Crippen molar-refractivity contribution in [2.24, 2.45) is 7.05 Å². The monoisotopic (exact) mass is 417 g/mol. The van der Waals surface area contributed by atoms with Gasteiger partial charge in [0.1, 0.15) is 41.3 Å². The Kier molecular flexibility index (Phi) is 4.54. The molecule has 5 rings (SSSR count). The Balaban J connectivity index is 1.36. The quantitative estimate of drug-likeness (QED) is 0.631. The van der Waals surface area contributed by atoms with E-state index in [0.717, 1.165) is 22.6 Å². The van der Waals surface area contributed by atoms with Crippen LogP contribution in [0, 0.1) is 0 Å². The topological polar surface area (TPSA) is 75.5 Å². The lowest BCUT2D eigenvalue weighted by Crippen LogP contribution is -2.27. The molecular formula is C24H23N3O4. The highest BCUT2D eigenvalue weighted by Gasteiger charge is 2.29. The van der Waals surface area contributed by atoms with Gasteiger partial charge in [-0.1, -0.05) is 17.4 Å². The van der Waals surface area contributed by atoms with E-state index in [9.17, 15) is 4.79 Å². The highest BCUT2D eigenvalue weighted by atomic mass is 16.5. The third-order valence-electron chi connectivity index (χ3n) is 5.37. The number of benzene rings is 2. The molecule has 0 fully saturated rings. The Labute approximate surface area is 180 Å². The lowest BCUT2D eigenvalue weighted by Gasteiger charge is -2.30. The second-order valence-corrected chi connectivity index (χ2v) is 8.40. The molecule has 0 amide bonds. The standard InChI is InChI=1S/C24H23N3O4/c1-24(2)9-8-16-10-15(4-7-21(16)31-24)22-12-20(28)19-6-5-18(11-23(19)30-22)29-14-17-13-27(3)26-25-17/h4-11,13,22H,12,14H2,1-3H3. The summed E-state index contributed by atoms with van der Waals surface area (Å²) in [5, 5.41) is 7.91. The van der Waals surface area contributed by atoms with Crippen molar-refractivity contribution in [3.8, 4) is 17.2 Å². The van der Waals surface area contributed by atoms with Gasteiger partial charge < -0.3 is 14.2 Å². The summed E-state index contributed by atoms with van der Waals surface area (Å²) in [6.07, 6.45) is 5.82. The van der Waals surface area contributed by atoms with Crippen molar-refractivity contribution in [1.82, 2.24) is 15.0 Å². The van der Waals surface area contributed by atoms with Gasteiger partial charge in [0.05, 0.1) is 18.2 Å². The molecule has 1 atom stereocenters. The SMILES string of the molecule is Cn1cc(COc2ccc3c(c2)OC(c2ccc4c(c2)C=CC(C)(C)O4)CC3=O)nn1. The van der Waals surface area contributed by atoms with Gasteiger partial charge in [-0.15, -0.1) is 5.10 Å². The Bertz CT molecular complexity index is 1200. The number of nitrogens with zero attached hydrogens (tertiary/aromatic N) is 3. The van der Waals surface area contributed by atoms with E-state index in [1.807, 2.05) is 38.1 Å².